The van der Waals surface area contributed by atoms with Crippen LogP contribution in [-0.4, -0.2) is 59.2 Å². The molecule has 146 valence electrons. The summed E-state index contributed by atoms with van der Waals surface area (Å²) in [6.45, 7) is 1.26. The number of hydrogen-bond donors (Lipinski definition) is 1. The molecule has 0 atom stereocenters. The maximum Gasteiger partial charge on any atom is 0.319 e. The van der Waals surface area contributed by atoms with Crippen LogP contribution in [0.1, 0.15) is 23.3 Å². The van der Waals surface area contributed by atoms with Gasteiger partial charge in [-0.1, -0.05) is 0 Å². The summed E-state index contributed by atoms with van der Waals surface area (Å²) in [7, 11) is 3.14. The number of carbonyl (C=O) groups excluding carboxylic acids is 1. The molecule has 1 aliphatic heterocycles. The van der Waals surface area contributed by atoms with Gasteiger partial charge in [-0.3, -0.25) is 4.79 Å². The average molecular weight is 382 g/mol. The number of ether oxygens (including phenoxy) is 3. The monoisotopic (exact) mass is 382 g/mol. The van der Waals surface area contributed by atoms with E-state index in [-0.39, 0.29) is 18.0 Å². The van der Waals surface area contributed by atoms with Crippen molar-refractivity contribution in [2.75, 3.05) is 27.3 Å². The first-order valence-corrected chi connectivity index (χ1v) is 9.16. The number of nitrogens with zero attached hydrogens (tertiary/aromatic N) is 3. The number of methoxy groups -OCH3 is 2. The highest BCUT2D eigenvalue weighted by molar-refractivity contribution is 5.98. The summed E-state index contributed by atoms with van der Waals surface area (Å²) >= 11 is 0. The molecule has 0 unspecified atom stereocenters. The highest BCUT2D eigenvalue weighted by atomic mass is 16.5. The quantitative estimate of drug-likeness (QED) is 0.730. The summed E-state index contributed by atoms with van der Waals surface area (Å²) in [6, 6.07) is 9.58. The van der Waals surface area contributed by atoms with Crippen LogP contribution in [0.25, 0.3) is 10.9 Å². The minimum absolute atomic E-state index is 0.00248. The summed E-state index contributed by atoms with van der Waals surface area (Å²) in [6.07, 6.45) is 3.10. The maximum absolute atomic E-state index is 12.9. The lowest BCUT2D eigenvalue weighted by Gasteiger charge is -2.31. The van der Waals surface area contributed by atoms with E-state index in [1.54, 1.807) is 19.4 Å². The predicted molar refractivity (Wildman–Crippen MR) is 103 cm³/mol. The molecule has 0 saturated carbocycles. The lowest BCUT2D eigenvalue weighted by Crippen LogP contribution is -2.42. The minimum Gasteiger partial charge on any atom is -0.497 e. The van der Waals surface area contributed by atoms with Gasteiger partial charge in [0.05, 0.1) is 14.2 Å². The molecule has 0 radical (unpaired) electrons. The summed E-state index contributed by atoms with van der Waals surface area (Å²) in [5, 5.41) is 0.986. The van der Waals surface area contributed by atoms with Crippen LogP contribution in [0.15, 0.2) is 36.5 Å². The minimum atomic E-state index is -0.00248. The largest absolute Gasteiger partial charge is 0.497 e. The number of amides is 1. The molecule has 4 rings (SSSR count). The van der Waals surface area contributed by atoms with E-state index >= 15 is 0 Å². The maximum atomic E-state index is 12.9. The summed E-state index contributed by atoms with van der Waals surface area (Å²) < 4.78 is 16.2. The van der Waals surface area contributed by atoms with Crippen molar-refractivity contribution in [3.05, 3.63) is 42.2 Å². The summed E-state index contributed by atoms with van der Waals surface area (Å²) in [5.74, 6) is 1.24. The van der Waals surface area contributed by atoms with Crippen molar-refractivity contribution >= 4 is 16.8 Å². The van der Waals surface area contributed by atoms with Gasteiger partial charge in [0.2, 0.25) is 5.88 Å². The Kier molecular flexibility index (Phi) is 5.01. The zero-order chi connectivity index (χ0) is 19.5. The third-order valence-electron chi connectivity index (χ3n) is 4.87. The Morgan fingerprint density at radius 3 is 2.71 bits per heavy atom. The number of aromatic nitrogens is 3. The second-order valence-corrected chi connectivity index (χ2v) is 6.63. The lowest BCUT2D eigenvalue weighted by molar-refractivity contribution is 0.0582. The van der Waals surface area contributed by atoms with Gasteiger partial charge in [0, 0.05) is 55.2 Å². The van der Waals surface area contributed by atoms with E-state index in [0.717, 1.165) is 29.5 Å². The Labute approximate surface area is 162 Å². The molecule has 0 bridgehead atoms. The Hall–Kier alpha value is -3.29. The van der Waals surface area contributed by atoms with Crippen LogP contribution in [0.4, 0.5) is 0 Å². The first-order valence-electron chi connectivity index (χ1n) is 9.16. The van der Waals surface area contributed by atoms with Crippen molar-refractivity contribution in [3.8, 4) is 17.6 Å². The zero-order valence-corrected chi connectivity index (χ0v) is 15.8. The van der Waals surface area contributed by atoms with Gasteiger partial charge in [-0.15, -0.1) is 0 Å². The third kappa shape index (κ3) is 3.71. The van der Waals surface area contributed by atoms with Gasteiger partial charge in [0.15, 0.2) is 0 Å². The first kappa shape index (κ1) is 18.1. The molecule has 1 amide bonds. The van der Waals surface area contributed by atoms with Gasteiger partial charge >= 0.3 is 6.01 Å². The molecular weight excluding hydrogens is 360 g/mol. The predicted octanol–water partition coefficient (Wildman–Crippen LogP) is 2.66. The standard InChI is InChI=1S/C20H22N4O4/c1-26-15-4-3-13-11-17(22-16(13)12-15)19(25)24-9-6-14(7-10-24)28-18-5-8-21-20(23-18)27-2/h3-5,8,11-12,14,22H,6-7,9-10H2,1-2H3. The molecular formula is C20H22N4O4. The van der Waals surface area contributed by atoms with E-state index in [9.17, 15) is 4.79 Å². The Morgan fingerprint density at radius 2 is 1.96 bits per heavy atom. The Bertz CT molecular complexity index is 979. The Morgan fingerprint density at radius 1 is 1.14 bits per heavy atom. The van der Waals surface area contributed by atoms with E-state index in [1.807, 2.05) is 29.2 Å². The van der Waals surface area contributed by atoms with Crippen LogP contribution in [-0.2, 0) is 0 Å². The number of benzene rings is 1. The number of likely N-dealkylation sites (tertiary alicyclic amines) is 1. The molecule has 8 heteroatoms. The van der Waals surface area contributed by atoms with E-state index < -0.39 is 0 Å². The number of H-pyrrole nitrogens is 1. The third-order valence-corrected chi connectivity index (χ3v) is 4.87. The molecule has 3 aromatic rings. The fourth-order valence-corrected chi connectivity index (χ4v) is 3.36. The van der Waals surface area contributed by atoms with E-state index in [0.29, 0.717) is 24.7 Å². The fourth-order valence-electron chi connectivity index (χ4n) is 3.36. The molecule has 1 fully saturated rings. The second-order valence-electron chi connectivity index (χ2n) is 6.63. The molecule has 1 aromatic carbocycles. The van der Waals surface area contributed by atoms with Crippen molar-refractivity contribution in [2.24, 2.45) is 0 Å². The molecule has 1 N–H and O–H groups in total. The van der Waals surface area contributed by atoms with Crippen molar-refractivity contribution in [3.63, 3.8) is 0 Å². The van der Waals surface area contributed by atoms with E-state index in [1.165, 1.54) is 7.11 Å². The van der Waals surface area contributed by atoms with Crippen LogP contribution in [0.5, 0.6) is 17.6 Å². The van der Waals surface area contributed by atoms with E-state index in [2.05, 4.69) is 15.0 Å². The number of fused-ring (bicyclic) bond motifs is 1. The van der Waals surface area contributed by atoms with Crippen LogP contribution >= 0.6 is 0 Å². The topological polar surface area (TPSA) is 89.6 Å². The smallest absolute Gasteiger partial charge is 0.319 e. The van der Waals surface area contributed by atoms with Crippen LogP contribution in [0.2, 0.25) is 0 Å². The first-order chi connectivity index (χ1) is 13.7. The molecule has 1 aliphatic rings. The molecule has 0 aliphatic carbocycles. The van der Waals surface area contributed by atoms with Gasteiger partial charge < -0.3 is 24.1 Å². The summed E-state index contributed by atoms with van der Waals surface area (Å²) in [4.78, 5) is 26.1. The van der Waals surface area contributed by atoms with E-state index in [4.69, 9.17) is 14.2 Å². The van der Waals surface area contributed by atoms with Crippen LogP contribution in [0.3, 0.4) is 0 Å². The SMILES string of the molecule is COc1ccc2cc(C(=O)N3CCC(Oc4ccnc(OC)n4)CC3)[nH]c2c1. The Balaban J connectivity index is 1.38. The average Bonchev–Trinajstić information content (AvgIpc) is 3.17. The number of hydrogen-bond acceptors (Lipinski definition) is 6. The summed E-state index contributed by atoms with van der Waals surface area (Å²) in [5.41, 5.74) is 1.47. The van der Waals surface area contributed by atoms with Crippen molar-refractivity contribution in [2.45, 2.75) is 18.9 Å². The number of rotatable bonds is 5. The molecule has 2 aromatic heterocycles. The number of piperidine rings is 1. The highest BCUT2D eigenvalue weighted by Crippen LogP contribution is 2.24. The normalized spacial score (nSPS) is 14.9. The van der Waals surface area contributed by atoms with Crippen molar-refractivity contribution < 1.29 is 19.0 Å². The molecule has 3 heterocycles. The van der Waals surface area contributed by atoms with Gasteiger partial charge in [-0.05, 0) is 18.2 Å². The molecule has 0 spiro atoms. The van der Waals surface area contributed by atoms with Crippen molar-refractivity contribution in [1.82, 2.24) is 19.9 Å². The van der Waals surface area contributed by atoms with Gasteiger partial charge in [-0.25, -0.2) is 4.98 Å². The van der Waals surface area contributed by atoms with Gasteiger partial charge in [-0.2, -0.15) is 4.98 Å². The molecule has 1 saturated heterocycles. The number of carbonyl (C=O) groups is 1. The fraction of sp³-hybridized carbons (Fsp3) is 0.350. The van der Waals surface area contributed by atoms with Crippen LogP contribution in [0, 0.1) is 0 Å². The second kappa shape index (κ2) is 7.75. The van der Waals surface area contributed by atoms with Crippen LogP contribution < -0.4 is 14.2 Å². The van der Waals surface area contributed by atoms with Gasteiger partial charge in [0.25, 0.3) is 5.91 Å². The highest BCUT2D eigenvalue weighted by Gasteiger charge is 2.26. The zero-order valence-electron chi connectivity index (χ0n) is 15.8. The molecule has 28 heavy (non-hydrogen) atoms. The molecule has 8 nitrogen and oxygen atoms in total. The number of nitrogens with one attached hydrogen (secondary N) is 1. The van der Waals surface area contributed by atoms with Crippen molar-refractivity contribution in [1.29, 1.82) is 0 Å². The van der Waals surface area contributed by atoms with Gasteiger partial charge in [0.1, 0.15) is 17.5 Å². The number of aromatic amines is 1. The lowest BCUT2D eigenvalue weighted by atomic mass is 10.1.